The molecule has 0 aliphatic heterocycles. The second kappa shape index (κ2) is 9.03. The lowest BCUT2D eigenvalue weighted by Gasteiger charge is -2.09. The third-order valence-corrected chi connectivity index (χ3v) is 6.11. The van der Waals surface area contributed by atoms with Gasteiger partial charge in [-0.2, -0.15) is 27.1 Å². The number of nitrogens with two attached hydrogens (primary N) is 2. The zero-order valence-corrected chi connectivity index (χ0v) is 18.6. The molecule has 33 heavy (non-hydrogen) atoms. The van der Waals surface area contributed by atoms with Gasteiger partial charge in [-0.3, -0.25) is 9.11 Å². The molecule has 0 heterocycles. The smallest absolute Gasteiger partial charge is 0.294 e. The van der Waals surface area contributed by atoms with Crippen LogP contribution in [0.5, 0.6) is 0 Å². The predicted molar refractivity (Wildman–Crippen MR) is 121 cm³/mol. The fourth-order valence-corrected chi connectivity index (χ4v) is 3.55. The fraction of sp³-hybridized carbons (Fsp3) is 0.0526. The highest BCUT2D eigenvalue weighted by atomic mass is 32.2. The molecule has 0 fully saturated rings. The Hall–Kier alpha value is -3.72. The van der Waals surface area contributed by atoms with Crippen LogP contribution in [0.3, 0.4) is 0 Å². The molecule has 0 radical (unpaired) electrons. The number of aryl methyl sites for hydroxylation is 1. The molecule has 0 atom stereocenters. The summed E-state index contributed by atoms with van der Waals surface area (Å²) < 4.78 is 62.5. The van der Waals surface area contributed by atoms with Crippen LogP contribution in [0.25, 0.3) is 0 Å². The van der Waals surface area contributed by atoms with E-state index in [1.165, 1.54) is 48.5 Å². The van der Waals surface area contributed by atoms with Gasteiger partial charge < -0.3 is 11.5 Å². The number of nitrogen functional groups attached to an aromatic ring is 2. The highest BCUT2D eigenvalue weighted by Gasteiger charge is 2.13. The minimum atomic E-state index is -4.33. The van der Waals surface area contributed by atoms with Crippen molar-refractivity contribution in [1.82, 2.24) is 0 Å². The number of azo groups is 2. The van der Waals surface area contributed by atoms with E-state index >= 15 is 0 Å². The highest BCUT2D eigenvalue weighted by Crippen LogP contribution is 2.41. The van der Waals surface area contributed by atoms with Gasteiger partial charge in [0.25, 0.3) is 20.2 Å². The lowest BCUT2D eigenvalue weighted by atomic mass is 10.1. The molecular formula is C19H18N6O6S2. The average molecular weight is 491 g/mol. The van der Waals surface area contributed by atoms with E-state index in [0.717, 1.165) is 0 Å². The topological polar surface area (TPSA) is 210 Å². The van der Waals surface area contributed by atoms with Gasteiger partial charge in [-0.25, -0.2) is 0 Å². The molecule has 0 aromatic heterocycles. The molecule has 0 spiro atoms. The fourth-order valence-electron chi connectivity index (χ4n) is 2.59. The third-order valence-electron chi connectivity index (χ3n) is 4.37. The van der Waals surface area contributed by atoms with Crippen molar-refractivity contribution in [2.75, 3.05) is 11.5 Å². The summed E-state index contributed by atoms with van der Waals surface area (Å²) in [5.41, 5.74) is 14.1. The van der Waals surface area contributed by atoms with Crippen LogP contribution in [0.4, 0.5) is 34.1 Å². The van der Waals surface area contributed by atoms with Crippen LogP contribution < -0.4 is 11.5 Å². The van der Waals surface area contributed by atoms with Crippen LogP contribution in [0.2, 0.25) is 0 Å². The monoisotopic (exact) mass is 490 g/mol. The van der Waals surface area contributed by atoms with Crippen molar-refractivity contribution >= 4 is 54.4 Å². The van der Waals surface area contributed by atoms with Gasteiger partial charge in [-0.1, -0.05) is 0 Å². The summed E-state index contributed by atoms with van der Waals surface area (Å²) >= 11 is 0. The summed E-state index contributed by atoms with van der Waals surface area (Å²) in [6.07, 6.45) is 0. The van der Waals surface area contributed by atoms with Crippen LogP contribution in [0.1, 0.15) is 5.56 Å². The second-order valence-electron chi connectivity index (χ2n) is 6.73. The number of hydrogen-bond donors (Lipinski definition) is 4. The zero-order chi connectivity index (χ0) is 24.4. The third kappa shape index (κ3) is 5.75. The largest absolute Gasteiger partial charge is 0.397 e. The van der Waals surface area contributed by atoms with E-state index in [-0.39, 0.29) is 38.2 Å². The summed E-state index contributed by atoms with van der Waals surface area (Å²) in [6.45, 7) is 1.70. The Labute approximate surface area is 189 Å². The SMILES string of the molecule is Cc1cc(N=Nc2ccc(S(=O)(=O)O)cc2)c(N)c(N=Nc2ccc(S(=O)(=O)O)cc2)c1N. The van der Waals surface area contributed by atoms with Crippen molar-refractivity contribution in [2.45, 2.75) is 16.7 Å². The van der Waals surface area contributed by atoms with E-state index < -0.39 is 20.2 Å². The quantitative estimate of drug-likeness (QED) is 0.219. The molecule has 0 amide bonds. The van der Waals surface area contributed by atoms with Gasteiger partial charge in [0.15, 0.2) is 0 Å². The van der Waals surface area contributed by atoms with Crippen LogP contribution in [-0.2, 0) is 20.2 Å². The Morgan fingerprint density at radius 2 is 1.09 bits per heavy atom. The molecular weight excluding hydrogens is 472 g/mol. The Morgan fingerprint density at radius 3 is 1.52 bits per heavy atom. The van der Waals surface area contributed by atoms with E-state index in [4.69, 9.17) is 20.6 Å². The van der Waals surface area contributed by atoms with Gasteiger partial charge in [-0.15, -0.1) is 10.2 Å². The molecule has 3 aromatic rings. The Balaban J connectivity index is 1.91. The van der Waals surface area contributed by atoms with Crippen LogP contribution in [0.15, 0.2) is 84.8 Å². The molecule has 14 heteroatoms. The van der Waals surface area contributed by atoms with Gasteiger partial charge in [0, 0.05) is 0 Å². The Morgan fingerprint density at radius 1 is 0.667 bits per heavy atom. The molecule has 0 aliphatic rings. The molecule has 0 bridgehead atoms. The first-order valence-electron chi connectivity index (χ1n) is 9.03. The van der Waals surface area contributed by atoms with Gasteiger partial charge >= 0.3 is 0 Å². The molecule has 0 unspecified atom stereocenters. The second-order valence-corrected chi connectivity index (χ2v) is 9.57. The van der Waals surface area contributed by atoms with Crippen molar-refractivity contribution in [3.8, 4) is 0 Å². The van der Waals surface area contributed by atoms with Crippen LogP contribution in [0, 0.1) is 6.92 Å². The maximum atomic E-state index is 11.1. The molecule has 0 saturated heterocycles. The van der Waals surface area contributed by atoms with Gasteiger partial charge in [0.2, 0.25) is 0 Å². The minimum absolute atomic E-state index is 0.0784. The molecule has 172 valence electrons. The number of anilines is 2. The molecule has 0 aliphatic carbocycles. The van der Waals surface area contributed by atoms with E-state index in [9.17, 15) is 16.8 Å². The number of nitrogens with zero attached hydrogens (tertiary/aromatic N) is 4. The molecule has 6 N–H and O–H groups in total. The van der Waals surface area contributed by atoms with Crippen molar-refractivity contribution in [2.24, 2.45) is 20.5 Å². The maximum absolute atomic E-state index is 11.1. The maximum Gasteiger partial charge on any atom is 0.294 e. The Kier molecular flexibility index (Phi) is 6.55. The van der Waals surface area contributed by atoms with Gasteiger partial charge in [0.1, 0.15) is 11.4 Å². The standard InChI is InChI=1S/C19H18N6O6S2/c1-11-10-16(24-22-12-2-6-14(7-3-12)32(26,27)28)18(21)19(17(11)20)25-23-13-4-8-15(9-5-13)33(29,30)31/h2-10H,20-21H2,1H3,(H,26,27,28)(H,29,30,31). The number of hydrogen-bond acceptors (Lipinski definition) is 10. The van der Waals surface area contributed by atoms with Gasteiger partial charge in [0.05, 0.1) is 32.5 Å². The van der Waals surface area contributed by atoms with Crippen molar-refractivity contribution in [3.63, 3.8) is 0 Å². The Bertz CT molecular complexity index is 1470. The number of rotatable bonds is 6. The summed E-state index contributed by atoms with van der Waals surface area (Å²) in [4.78, 5) is -0.569. The lowest BCUT2D eigenvalue weighted by Crippen LogP contribution is -1.96. The van der Waals surface area contributed by atoms with Crippen molar-refractivity contribution in [3.05, 3.63) is 60.2 Å². The first kappa shape index (κ1) is 23.9. The number of benzene rings is 3. The van der Waals surface area contributed by atoms with Crippen LogP contribution in [-0.4, -0.2) is 25.9 Å². The summed E-state index contributed by atoms with van der Waals surface area (Å²) in [7, 11) is -8.65. The first-order chi connectivity index (χ1) is 15.4. The summed E-state index contributed by atoms with van der Waals surface area (Å²) in [5, 5.41) is 16.1. The van der Waals surface area contributed by atoms with Crippen molar-refractivity contribution in [1.29, 1.82) is 0 Å². The predicted octanol–water partition coefficient (Wildman–Crippen LogP) is 4.48. The lowest BCUT2D eigenvalue weighted by molar-refractivity contribution is 0.481. The molecule has 3 rings (SSSR count). The molecule has 3 aromatic carbocycles. The van der Waals surface area contributed by atoms with E-state index in [1.807, 2.05) is 0 Å². The summed E-state index contributed by atoms with van der Waals surface area (Å²) in [6, 6.07) is 11.6. The highest BCUT2D eigenvalue weighted by molar-refractivity contribution is 7.86. The summed E-state index contributed by atoms with van der Waals surface area (Å²) in [5.74, 6) is 0. The average Bonchev–Trinajstić information content (AvgIpc) is 2.74. The van der Waals surface area contributed by atoms with E-state index in [2.05, 4.69) is 20.5 Å². The first-order valence-corrected chi connectivity index (χ1v) is 11.9. The van der Waals surface area contributed by atoms with Crippen molar-refractivity contribution < 1.29 is 25.9 Å². The molecule has 12 nitrogen and oxygen atoms in total. The minimum Gasteiger partial charge on any atom is -0.397 e. The normalized spacial score (nSPS) is 12.6. The van der Waals surface area contributed by atoms with E-state index in [0.29, 0.717) is 11.3 Å². The molecule has 0 saturated carbocycles. The van der Waals surface area contributed by atoms with Crippen LogP contribution >= 0.6 is 0 Å². The van der Waals surface area contributed by atoms with Gasteiger partial charge in [-0.05, 0) is 67.1 Å². The zero-order valence-electron chi connectivity index (χ0n) is 17.0. The van der Waals surface area contributed by atoms with E-state index in [1.54, 1.807) is 13.0 Å².